The van der Waals surface area contributed by atoms with E-state index in [9.17, 15) is 9.90 Å². The van der Waals surface area contributed by atoms with E-state index >= 15 is 0 Å². The van der Waals surface area contributed by atoms with E-state index in [2.05, 4.69) is 9.97 Å². The molecule has 5 nitrogen and oxygen atoms in total. The fourth-order valence-electron chi connectivity index (χ4n) is 2.37. The van der Waals surface area contributed by atoms with Gasteiger partial charge in [0.1, 0.15) is 6.33 Å². The summed E-state index contributed by atoms with van der Waals surface area (Å²) in [5.74, 6) is -0.0537. The summed E-state index contributed by atoms with van der Waals surface area (Å²) >= 11 is 0. The highest BCUT2D eigenvalue weighted by molar-refractivity contribution is 5.68. The Morgan fingerprint density at radius 1 is 1.18 bits per heavy atom. The summed E-state index contributed by atoms with van der Waals surface area (Å²) in [5.41, 5.74) is 2.69. The van der Waals surface area contributed by atoms with Crippen molar-refractivity contribution in [3.63, 3.8) is 0 Å². The third-order valence-electron chi connectivity index (χ3n) is 3.42. The Balaban J connectivity index is 2.08. The van der Waals surface area contributed by atoms with Crippen molar-refractivity contribution in [2.24, 2.45) is 0 Å². The number of aromatic hydroxyl groups is 1. The van der Waals surface area contributed by atoms with Crippen molar-refractivity contribution < 1.29 is 5.11 Å². The standard InChI is InChI=1S/C17H15N3O2/c1-12-3-2-4-14(7-12)16-15(21)5-6-20(17(16)22)10-13-8-18-11-19-9-13/h2-9,11,22H,10H2,1H3. The van der Waals surface area contributed by atoms with Crippen molar-refractivity contribution in [3.05, 3.63) is 76.6 Å². The van der Waals surface area contributed by atoms with Gasteiger partial charge in [-0.05, 0) is 12.5 Å². The second-order valence-corrected chi connectivity index (χ2v) is 5.12. The van der Waals surface area contributed by atoms with Crippen molar-refractivity contribution in [1.82, 2.24) is 14.5 Å². The molecule has 2 heterocycles. The Bertz CT molecular complexity index is 857. The second-order valence-electron chi connectivity index (χ2n) is 5.12. The van der Waals surface area contributed by atoms with E-state index in [4.69, 9.17) is 0 Å². The maximum absolute atomic E-state index is 12.2. The zero-order valence-electron chi connectivity index (χ0n) is 12.1. The summed E-state index contributed by atoms with van der Waals surface area (Å²) in [6, 6.07) is 8.97. The summed E-state index contributed by atoms with van der Waals surface area (Å²) in [6.07, 6.45) is 6.38. The molecular weight excluding hydrogens is 278 g/mol. The van der Waals surface area contributed by atoms with Crippen LogP contribution in [0.25, 0.3) is 11.1 Å². The average Bonchev–Trinajstić information content (AvgIpc) is 2.51. The van der Waals surface area contributed by atoms with Gasteiger partial charge in [0.2, 0.25) is 5.88 Å². The number of aryl methyl sites for hydroxylation is 1. The highest BCUT2D eigenvalue weighted by atomic mass is 16.3. The summed E-state index contributed by atoms with van der Waals surface area (Å²) in [4.78, 5) is 20.1. The van der Waals surface area contributed by atoms with E-state index in [-0.39, 0.29) is 11.3 Å². The van der Waals surface area contributed by atoms with Gasteiger partial charge < -0.3 is 9.67 Å². The summed E-state index contributed by atoms with van der Waals surface area (Å²) < 4.78 is 1.61. The fourth-order valence-corrected chi connectivity index (χ4v) is 2.37. The largest absolute Gasteiger partial charge is 0.494 e. The molecule has 1 aromatic carbocycles. The molecule has 1 N–H and O–H groups in total. The number of aromatic nitrogens is 3. The van der Waals surface area contributed by atoms with E-state index < -0.39 is 0 Å². The van der Waals surface area contributed by atoms with Crippen LogP contribution < -0.4 is 5.43 Å². The molecule has 0 saturated carbocycles. The molecule has 0 bridgehead atoms. The Morgan fingerprint density at radius 3 is 2.68 bits per heavy atom. The van der Waals surface area contributed by atoms with Crippen molar-refractivity contribution >= 4 is 0 Å². The first-order valence-electron chi connectivity index (χ1n) is 6.88. The van der Waals surface area contributed by atoms with E-state index in [0.717, 1.165) is 11.1 Å². The van der Waals surface area contributed by atoms with Crippen LogP contribution in [0.15, 0.2) is 60.0 Å². The molecular formula is C17H15N3O2. The molecule has 3 rings (SSSR count). The molecule has 110 valence electrons. The Kier molecular flexibility index (Phi) is 3.70. The molecule has 3 aromatic rings. The predicted octanol–water partition coefficient (Wildman–Crippen LogP) is 2.37. The quantitative estimate of drug-likeness (QED) is 0.805. The van der Waals surface area contributed by atoms with Gasteiger partial charge in [-0.2, -0.15) is 0 Å². The molecule has 0 aliphatic rings. The molecule has 0 amide bonds. The molecule has 0 fully saturated rings. The van der Waals surface area contributed by atoms with Crippen LogP contribution in [0.4, 0.5) is 0 Å². The van der Waals surface area contributed by atoms with Crippen molar-refractivity contribution in [1.29, 1.82) is 0 Å². The van der Waals surface area contributed by atoms with Crippen molar-refractivity contribution in [3.8, 4) is 17.0 Å². The van der Waals surface area contributed by atoms with Gasteiger partial charge in [0, 0.05) is 30.2 Å². The van der Waals surface area contributed by atoms with Crippen LogP contribution >= 0.6 is 0 Å². The molecule has 0 aliphatic heterocycles. The smallest absolute Gasteiger partial charge is 0.203 e. The van der Waals surface area contributed by atoms with E-state index in [1.807, 2.05) is 31.2 Å². The van der Waals surface area contributed by atoms with Crippen molar-refractivity contribution in [2.75, 3.05) is 0 Å². The van der Waals surface area contributed by atoms with Crippen LogP contribution in [0.2, 0.25) is 0 Å². The lowest BCUT2D eigenvalue weighted by molar-refractivity contribution is 0.420. The Morgan fingerprint density at radius 2 is 1.95 bits per heavy atom. The predicted molar refractivity (Wildman–Crippen MR) is 83.7 cm³/mol. The number of rotatable bonds is 3. The van der Waals surface area contributed by atoms with Gasteiger partial charge in [-0.25, -0.2) is 9.97 Å². The van der Waals surface area contributed by atoms with Gasteiger partial charge in [0.25, 0.3) is 0 Å². The Hall–Kier alpha value is -2.95. The number of benzene rings is 1. The zero-order valence-corrected chi connectivity index (χ0v) is 12.1. The molecule has 2 aromatic heterocycles. The Labute approximate surface area is 127 Å². The van der Waals surface area contributed by atoms with Gasteiger partial charge in [-0.1, -0.05) is 29.8 Å². The van der Waals surface area contributed by atoms with Crippen LogP contribution in [-0.2, 0) is 6.54 Å². The van der Waals surface area contributed by atoms with E-state index in [1.54, 1.807) is 23.2 Å². The average molecular weight is 293 g/mol. The lowest BCUT2D eigenvalue weighted by Gasteiger charge is -2.12. The van der Waals surface area contributed by atoms with Crippen molar-refractivity contribution in [2.45, 2.75) is 13.5 Å². The SMILES string of the molecule is Cc1cccc(-c2c(O)n(Cc3cncnc3)ccc2=O)c1. The van der Waals surface area contributed by atoms with Crippen LogP contribution in [-0.4, -0.2) is 19.6 Å². The topological polar surface area (TPSA) is 68.0 Å². The highest BCUT2D eigenvalue weighted by Gasteiger charge is 2.13. The summed E-state index contributed by atoms with van der Waals surface area (Å²) in [5, 5.41) is 10.5. The zero-order chi connectivity index (χ0) is 15.5. The maximum Gasteiger partial charge on any atom is 0.203 e. The van der Waals surface area contributed by atoms with Gasteiger partial charge in [0.15, 0.2) is 5.43 Å². The minimum Gasteiger partial charge on any atom is -0.494 e. The first-order valence-corrected chi connectivity index (χ1v) is 6.88. The molecule has 0 radical (unpaired) electrons. The van der Waals surface area contributed by atoms with Crippen LogP contribution in [0.3, 0.4) is 0 Å². The first-order chi connectivity index (χ1) is 10.6. The molecule has 0 aliphatic carbocycles. The maximum atomic E-state index is 12.2. The third kappa shape index (κ3) is 2.74. The number of pyridine rings is 1. The van der Waals surface area contributed by atoms with Crippen LogP contribution in [0, 0.1) is 6.92 Å². The lowest BCUT2D eigenvalue weighted by Crippen LogP contribution is -2.11. The minimum atomic E-state index is -0.205. The summed E-state index contributed by atoms with van der Waals surface area (Å²) in [7, 11) is 0. The van der Waals surface area contributed by atoms with Crippen LogP contribution in [0.5, 0.6) is 5.88 Å². The molecule has 5 heteroatoms. The van der Waals surface area contributed by atoms with Gasteiger partial charge in [-0.15, -0.1) is 0 Å². The number of nitrogens with zero attached hydrogens (tertiary/aromatic N) is 3. The van der Waals surface area contributed by atoms with Gasteiger partial charge >= 0.3 is 0 Å². The van der Waals surface area contributed by atoms with Gasteiger partial charge in [0.05, 0.1) is 12.1 Å². The summed E-state index contributed by atoms with van der Waals surface area (Å²) in [6.45, 7) is 2.34. The monoisotopic (exact) mass is 293 g/mol. The van der Waals surface area contributed by atoms with E-state index in [0.29, 0.717) is 17.7 Å². The lowest BCUT2D eigenvalue weighted by atomic mass is 10.0. The molecule has 22 heavy (non-hydrogen) atoms. The number of hydrogen-bond acceptors (Lipinski definition) is 4. The molecule has 0 saturated heterocycles. The minimum absolute atomic E-state index is 0.0537. The van der Waals surface area contributed by atoms with Gasteiger partial charge in [-0.3, -0.25) is 4.79 Å². The molecule has 0 atom stereocenters. The van der Waals surface area contributed by atoms with Crippen LogP contribution in [0.1, 0.15) is 11.1 Å². The highest BCUT2D eigenvalue weighted by Crippen LogP contribution is 2.26. The third-order valence-corrected chi connectivity index (χ3v) is 3.42. The molecule has 0 spiro atoms. The van der Waals surface area contributed by atoms with E-state index in [1.165, 1.54) is 12.4 Å². The number of hydrogen-bond donors (Lipinski definition) is 1. The fraction of sp³-hybridized carbons (Fsp3) is 0.118. The normalized spacial score (nSPS) is 10.6. The molecule has 0 unspecified atom stereocenters. The first kappa shape index (κ1) is 14.0. The second kappa shape index (κ2) is 5.81.